The number of carbonyl (C=O) groups excluding carboxylic acids is 3. The summed E-state index contributed by atoms with van der Waals surface area (Å²) < 4.78 is 15.5. The molecule has 0 radical (unpaired) electrons. The third-order valence-corrected chi connectivity index (χ3v) is 4.54. The lowest BCUT2D eigenvalue weighted by Gasteiger charge is -2.11. The molecule has 2 amide bonds. The molecule has 12 heteroatoms. The van der Waals surface area contributed by atoms with Crippen LogP contribution in [-0.2, 0) is 14.3 Å². The molecule has 2 aromatic rings. The summed E-state index contributed by atoms with van der Waals surface area (Å²) in [6, 6.07) is 9.01. The van der Waals surface area contributed by atoms with Gasteiger partial charge in [0.1, 0.15) is 5.56 Å². The average molecular weight is 496 g/mol. The lowest BCUT2D eigenvalue weighted by Crippen LogP contribution is -2.35. The summed E-state index contributed by atoms with van der Waals surface area (Å²) in [5.41, 5.74) is -0.466. The van der Waals surface area contributed by atoms with Gasteiger partial charge in [-0.25, -0.2) is 4.79 Å². The van der Waals surface area contributed by atoms with Crippen LogP contribution in [0, 0.1) is 10.1 Å². The number of nitro groups is 1. The number of nitrogens with zero attached hydrogens (tertiary/aromatic N) is 1. The predicted molar refractivity (Wildman–Crippen MR) is 112 cm³/mol. The molecular formula is C19H18BrN3O8. The highest BCUT2D eigenvalue weighted by Crippen LogP contribution is 2.34. The maximum atomic E-state index is 12.3. The normalized spacial score (nSPS) is 10.0. The van der Waals surface area contributed by atoms with E-state index in [-0.39, 0.29) is 18.0 Å². The highest BCUT2D eigenvalue weighted by Gasteiger charge is 2.26. The number of amides is 2. The standard InChI is InChI=1S/C19H18BrN3O8/c1-29-15-7-11(14(23(27)28)8-16(15)30-2)19(26)31-10-18(25)21-9-17(24)22-13-6-4-3-5-12(13)20/h3-8H,9-10H2,1-2H3,(H,21,25)(H,22,24). The summed E-state index contributed by atoms with van der Waals surface area (Å²) in [5, 5.41) is 16.1. The van der Waals surface area contributed by atoms with Crippen molar-refractivity contribution in [3.63, 3.8) is 0 Å². The van der Waals surface area contributed by atoms with Gasteiger partial charge in [0, 0.05) is 10.5 Å². The minimum atomic E-state index is -1.11. The largest absolute Gasteiger partial charge is 0.493 e. The summed E-state index contributed by atoms with van der Waals surface area (Å²) in [6.45, 7) is -1.11. The van der Waals surface area contributed by atoms with E-state index >= 15 is 0 Å². The number of hydrogen-bond acceptors (Lipinski definition) is 8. The second-order valence-electron chi connectivity index (χ2n) is 5.86. The number of nitro benzene ring substituents is 1. The summed E-state index contributed by atoms with van der Waals surface area (Å²) in [4.78, 5) is 46.6. The molecule has 0 fully saturated rings. The lowest BCUT2D eigenvalue weighted by molar-refractivity contribution is -0.385. The van der Waals surface area contributed by atoms with Crippen molar-refractivity contribution in [2.24, 2.45) is 0 Å². The van der Waals surface area contributed by atoms with Crippen molar-refractivity contribution in [1.82, 2.24) is 5.32 Å². The second-order valence-corrected chi connectivity index (χ2v) is 6.72. The first-order chi connectivity index (χ1) is 14.8. The molecule has 0 atom stereocenters. The van der Waals surface area contributed by atoms with Gasteiger partial charge in [-0.1, -0.05) is 12.1 Å². The summed E-state index contributed by atoms with van der Waals surface area (Å²) in [7, 11) is 2.59. The van der Waals surface area contributed by atoms with Crippen LogP contribution in [-0.4, -0.2) is 50.1 Å². The van der Waals surface area contributed by atoms with Crippen LogP contribution in [0.2, 0.25) is 0 Å². The van der Waals surface area contributed by atoms with Crippen molar-refractivity contribution in [2.45, 2.75) is 0 Å². The van der Waals surface area contributed by atoms with Gasteiger partial charge in [0.15, 0.2) is 18.1 Å². The third-order valence-electron chi connectivity index (χ3n) is 3.85. The highest BCUT2D eigenvalue weighted by molar-refractivity contribution is 9.10. The molecule has 0 spiro atoms. The Morgan fingerprint density at radius 3 is 2.32 bits per heavy atom. The molecule has 0 saturated heterocycles. The molecule has 0 bridgehead atoms. The number of nitrogens with one attached hydrogen (secondary N) is 2. The van der Waals surface area contributed by atoms with Gasteiger partial charge in [0.2, 0.25) is 5.91 Å². The summed E-state index contributed by atoms with van der Waals surface area (Å²) in [6.07, 6.45) is 0. The zero-order valence-corrected chi connectivity index (χ0v) is 18.1. The minimum absolute atomic E-state index is 0.0551. The van der Waals surface area contributed by atoms with Crippen LogP contribution in [0.4, 0.5) is 11.4 Å². The Bertz CT molecular complexity index is 1010. The summed E-state index contributed by atoms with van der Waals surface area (Å²) in [5.74, 6) is -2.24. The van der Waals surface area contributed by atoms with Crippen molar-refractivity contribution in [3.8, 4) is 11.5 Å². The molecule has 0 aliphatic carbocycles. The van der Waals surface area contributed by atoms with Gasteiger partial charge in [-0.2, -0.15) is 0 Å². The van der Waals surface area contributed by atoms with E-state index in [9.17, 15) is 24.5 Å². The first-order valence-corrected chi connectivity index (χ1v) is 9.44. The third kappa shape index (κ3) is 6.40. The molecule has 0 saturated carbocycles. The molecule has 2 aromatic carbocycles. The van der Waals surface area contributed by atoms with Crippen molar-refractivity contribution in [1.29, 1.82) is 0 Å². The smallest absolute Gasteiger partial charge is 0.345 e. The lowest BCUT2D eigenvalue weighted by atomic mass is 10.1. The van der Waals surface area contributed by atoms with E-state index in [0.717, 1.165) is 12.1 Å². The maximum Gasteiger partial charge on any atom is 0.345 e. The van der Waals surface area contributed by atoms with Gasteiger partial charge in [-0.05, 0) is 28.1 Å². The predicted octanol–water partition coefficient (Wildman–Crippen LogP) is 2.29. The Labute approximate surface area is 184 Å². The van der Waals surface area contributed by atoms with Crippen molar-refractivity contribution < 1.29 is 33.5 Å². The van der Waals surface area contributed by atoms with Crippen LogP contribution >= 0.6 is 15.9 Å². The number of halogens is 1. The van der Waals surface area contributed by atoms with E-state index in [1.165, 1.54) is 14.2 Å². The van der Waals surface area contributed by atoms with Gasteiger partial charge >= 0.3 is 5.97 Å². The van der Waals surface area contributed by atoms with Crippen LogP contribution in [0.15, 0.2) is 40.9 Å². The van der Waals surface area contributed by atoms with Gasteiger partial charge in [0.05, 0.1) is 37.4 Å². The second kappa shape index (κ2) is 10.9. The Balaban J connectivity index is 1.94. The van der Waals surface area contributed by atoms with Crippen molar-refractivity contribution >= 4 is 45.1 Å². The molecule has 0 aromatic heterocycles. The number of esters is 1. The fourth-order valence-corrected chi connectivity index (χ4v) is 2.76. The fourth-order valence-electron chi connectivity index (χ4n) is 2.38. The molecule has 0 heterocycles. The van der Waals surface area contributed by atoms with Gasteiger partial charge in [-0.3, -0.25) is 19.7 Å². The Hall–Kier alpha value is -3.67. The van der Waals surface area contributed by atoms with E-state index < -0.39 is 40.6 Å². The number of methoxy groups -OCH3 is 2. The van der Waals surface area contributed by atoms with Crippen LogP contribution in [0.5, 0.6) is 11.5 Å². The fraction of sp³-hybridized carbons (Fsp3) is 0.211. The average Bonchev–Trinajstić information content (AvgIpc) is 2.76. The first kappa shape index (κ1) is 23.6. The van der Waals surface area contributed by atoms with Crippen LogP contribution in [0.3, 0.4) is 0 Å². The van der Waals surface area contributed by atoms with E-state index in [1.807, 2.05) is 0 Å². The Morgan fingerprint density at radius 1 is 1.06 bits per heavy atom. The SMILES string of the molecule is COc1cc(C(=O)OCC(=O)NCC(=O)Nc2ccccc2Br)c([N+](=O)[O-])cc1OC. The van der Waals surface area contributed by atoms with E-state index in [4.69, 9.17) is 14.2 Å². The Kier molecular flexibility index (Phi) is 8.32. The van der Waals surface area contributed by atoms with E-state index in [1.54, 1.807) is 24.3 Å². The number of benzene rings is 2. The van der Waals surface area contributed by atoms with E-state index in [2.05, 4.69) is 26.6 Å². The number of carbonyl (C=O) groups is 3. The molecule has 0 aliphatic heterocycles. The number of rotatable bonds is 9. The molecule has 2 N–H and O–H groups in total. The quantitative estimate of drug-likeness (QED) is 0.306. The Morgan fingerprint density at radius 2 is 1.71 bits per heavy atom. The summed E-state index contributed by atoms with van der Waals surface area (Å²) >= 11 is 3.28. The zero-order valence-electron chi connectivity index (χ0n) is 16.5. The number of ether oxygens (including phenoxy) is 3. The number of anilines is 1. The number of hydrogen-bond donors (Lipinski definition) is 2. The van der Waals surface area contributed by atoms with Gasteiger partial charge in [0.25, 0.3) is 11.6 Å². The van der Waals surface area contributed by atoms with Gasteiger partial charge < -0.3 is 24.8 Å². The molecule has 31 heavy (non-hydrogen) atoms. The highest BCUT2D eigenvalue weighted by atomic mass is 79.9. The van der Waals surface area contributed by atoms with E-state index in [0.29, 0.717) is 10.2 Å². The zero-order chi connectivity index (χ0) is 23.0. The minimum Gasteiger partial charge on any atom is -0.493 e. The van der Waals surface area contributed by atoms with Crippen molar-refractivity contribution in [2.75, 3.05) is 32.7 Å². The van der Waals surface area contributed by atoms with Crippen LogP contribution in [0.25, 0.3) is 0 Å². The molecular weight excluding hydrogens is 478 g/mol. The topological polar surface area (TPSA) is 146 Å². The molecule has 2 rings (SSSR count). The molecule has 164 valence electrons. The molecule has 0 aliphatic rings. The number of para-hydroxylation sites is 1. The molecule has 11 nitrogen and oxygen atoms in total. The van der Waals surface area contributed by atoms with Crippen molar-refractivity contribution in [3.05, 3.63) is 56.5 Å². The van der Waals surface area contributed by atoms with Crippen LogP contribution < -0.4 is 20.1 Å². The molecule has 0 unspecified atom stereocenters. The first-order valence-electron chi connectivity index (χ1n) is 8.65. The van der Waals surface area contributed by atoms with Gasteiger partial charge in [-0.15, -0.1) is 0 Å². The maximum absolute atomic E-state index is 12.3. The van der Waals surface area contributed by atoms with Crippen LogP contribution in [0.1, 0.15) is 10.4 Å². The monoisotopic (exact) mass is 495 g/mol.